The Hall–Kier alpha value is -2.78. The number of aromatic nitrogens is 2. The number of carbonyl (C=O) groups is 1. The van der Waals surface area contributed by atoms with Crippen molar-refractivity contribution in [3.8, 4) is 0 Å². The van der Waals surface area contributed by atoms with Crippen LogP contribution in [0.25, 0.3) is 0 Å². The van der Waals surface area contributed by atoms with Gasteiger partial charge in [0.25, 0.3) is 0 Å². The minimum absolute atomic E-state index is 0.00846. The summed E-state index contributed by atoms with van der Waals surface area (Å²) in [6.07, 6.45) is 3.38. The van der Waals surface area contributed by atoms with Crippen molar-refractivity contribution in [2.24, 2.45) is 0 Å². The Kier molecular flexibility index (Phi) is 7.49. The zero-order valence-corrected chi connectivity index (χ0v) is 18.5. The van der Waals surface area contributed by atoms with Gasteiger partial charge in [0.2, 0.25) is 5.91 Å². The van der Waals surface area contributed by atoms with E-state index in [1.165, 1.54) is 6.92 Å². The van der Waals surface area contributed by atoms with Crippen LogP contribution in [0.2, 0.25) is 0 Å². The molecule has 0 radical (unpaired) electrons. The topological polar surface area (TPSA) is 93.6 Å². The second kappa shape index (κ2) is 10.7. The highest BCUT2D eigenvalue weighted by Crippen LogP contribution is 2.39. The van der Waals surface area contributed by atoms with E-state index in [-0.39, 0.29) is 24.7 Å². The second-order valence-corrected chi connectivity index (χ2v) is 8.48. The third-order valence-electron chi connectivity index (χ3n) is 5.06. The maximum Gasteiger partial charge on any atom is 0.221 e. The number of nitrogens with zero attached hydrogens (tertiary/aromatic N) is 2. The van der Waals surface area contributed by atoms with Crippen LogP contribution < -0.4 is 5.32 Å². The average molecular weight is 452 g/mol. The number of thioether (sulfide) groups is 1. The monoisotopic (exact) mass is 451 g/mol. The Morgan fingerprint density at radius 3 is 2.41 bits per heavy atom. The molecule has 1 aromatic heterocycles. The van der Waals surface area contributed by atoms with Crippen molar-refractivity contribution in [2.75, 3.05) is 11.1 Å². The lowest BCUT2D eigenvalue weighted by Crippen LogP contribution is -2.31. The van der Waals surface area contributed by atoms with Crippen molar-refractivity contribution >= 4 is 23.4 Å². The number of aliphatic hydroxyl groups is 1. The van der Waals surface area contributed by atoms with E-state index in [0.717, 1.165) is 22.4 Å². The fraction of sp³-hybridized carbons (Fsp3) is 0.292. The van der Waals surface area contributed by atoms with Crippen LogP contribution in [0.5, 0.6) is 0 Å². The van der Waals surface area contributed by atoms with E-state index in [4.69, 9.17) is 9.47 Å². The molecule has 0 aliphatic carbocycles. The molecule has 0 bridgehead atoms. The Morgan fingerprint density at radius 2 is 1.75 bits per heavy atom. The summed E-state index contributed by atoms with van der Waals surface area (Å²) >= 11 is 1.55. The molecule has 2 N–H and O–H groups in total. The highest BCUT2D eigenvalue weighted by Gasteiger charge is 2.32. The number of anilines is 1. The van der Waals surface area contributed by atoms with E-state index < -0.39 is 6.29 Å². The number of amides is 1. The van der Waals surface area contributed by atoms with Crippen molar-refractivity contribution in [3.63, 3.8) is 0 Å². The summed E-state index contributed by atoms with van der Waals surface area (Å²) < 4.78 is 12.6. The minimum atomic E-state index is -0.542. The van der Waals surface area contributed by atoms with Gasteiger partial charge in [0.15, 0.2) is 11.4 Å². The molecule has 1 aliphatic rings. The third kappa shape index (κ3) is 5.92. The highest BCUT2D eigenvalue weighted by atomic mass is 32.2. The number of hydrogen-bond donors (Lipinski definition) is 2. The molecule has 0 saturated carbocycles. The molecule has 3 atom stereocenters. The maximum atomic E-state index is 11.3. The van der Waals surface area contributed by atoms with E-state index in [1.54, 1.807) is 30.2 Å². The molecule has 1 amide bonds. The lowest BCUT2D eigenvalue weighted by molar-refractivity contribution is -0.245. The van der Waals surface area contributed by atoms with Gasteiger partial charge in [-0.3, -0.25) is 4.79 Å². The summed E-state index contributed by atoms with van der Waals surface area (Å²) in [5.41, 5.74) is 3.50. The molecule has 2 aromatic carbocycles. The van der Waals surface area contributed by atoms with Crippen LogP contribution in [0.1, 0.15) is 42.4 Å². The molecule has 8 heteroatoms. The van der Waals surface area contributed by atoms with E-state index in [2.05, 4.69) is 15.3 Å². The molecule has 4 rings (SSSR count). The first-order chi connectivity index (χ1) is 15.6. The highest BCUT2D eigenvalue weighted by molar-refractivity contribution is 7.99. The van der Waals surface area contributed by atoms with Crippen LogP contribution >= 0.6 is 11.8 Å². The second-order valence-electron chi connectivity index (χ2n) is 7.50. The average Bonchev–Trinajstić information content (AvgIpc) is 2.83. The van der Waals surface area contributed by atoms with E-state index in [9.17, 15) is 9.90 Å². The van der Waals surface area contributed by atoms with Crippen molar-refractivity contribution in [1.82, 2.24) is 9.97 Å². The zero-order chi connectivity index (χ0) is 22.3. The smallest absolute Gasteiger partial charge is 0.221 e. The van der Waals surface area contributed by atoms with Crippen LogP contribution in [-0.2, 0) is 20.9 Å². The van der Waals surface area contributed by atoms with Crippen molar-refractivity contribution < 1.29 is 19.4 Å². The first-order valence-corrected chi connectivity index (χ1v) is 11.4. The lowest BCUT2D eigenvalue weighted by Gasteiger charge is -2.36. The summed E-state index contributed by atoms with van der Waals surface area (Å²) in [5.74, 6) is 0.577. The summed E-state index contributed by atoms with van der Waals surface area (Å²) in [4.78, 5) is 19.8. The molecule has 1 saturated heterocycles. The number of benzene rings is 2. The minimum Gasteiger partial charge on any atom is -0.392 e. The predicted octanol–water partition coefficient (Wildman–Crippen LogP) is 4.27. The molecular formula is C24H25N3O4S. The van der Waals surface area contributed by atoms with Gasteiger partial charge in [-0.05, 0) is 29.3 Å². The summed E-state index contributed by atoms with van der Waals surface area (Å²) in [6, 6.07) is 17.1. The third-order valence-corrected chi connectivity index (χ3v) is 6.07. The number of hydrogen-bond acceptors (Lipinski definition) is 7. The Balaban J connectivity index is 1.52. The molecule has 1 fully saturated rings. The summed E-state index contributed by atoms with van der Waals surface area (Å²) in [5, 5.41) is 12.8. The summed E-state index contributed by atoms with van der Waals surface area (Å²) in [6.45, 7) is 1.49. The molecule has 2 heterocycles. The Bertz CT molecular complexity index is 1020. The van der Waals surface area contributed by atoms with Gasteiger partial charge in [0.05, 0.1) is 18.8 Å². The number of nitrogens with one attached hydrogen (secondary N) is 1. The van der Waals surface area contributed by atoms with Crippen LogP contribution in [0, 0.1) is 0 Å². The van der Waals surface area contributed by atoms with Crippen LogP contribution in [-0.4, -0.2) is 32.8 Å². The fourth-order valence-corrected chi connectivity index (χ4v) is 4.30. The number of aliphatic hydroxyl groups excluding tert-OH is 1. The van der Waals surface area contributed by atoms with E-state index in [0.29, 0.717) is 17.3 Å². The zero-order valence-electron chi connectivity index (χ0n) is 17.7. The normalized spacial score (nSPS) is 20.6. The molecule has 1 aliphatic heterocycles. The van der Waals surface area contributed by atoms with Gasteiger partial charge in [-0.25, -0.2) is 9.97 Å². The van der Waals surface area contributed by atoms with Crippen molar-refractivity contribution in [2.45, 2.75) is 43.6 Å². The van der Waals surface area contributed by atoms with Gasteiger partial charge in [0.1, 0.15) is 0 Å². The number of rotatable bonds is 7. The first-order valence-electron chi connectivity index (χ1n) is 10.4. The Morgan fingerprint density at radius 1 is 1.06 bits per heavy atom. The van der Waals surface area contributed by atoms with Crippen molar-refractivity contribution in [3.05, 3.63) is 83.7 Å². The van der Waals surface area contributed by atoms with Crippen LogP contribution in [0.4, 0.5) is 5.69 Å². The molecule has 0 spiro atoms. The van der Waals surface area contributed by atoms with Crippen LogP contribution in [0.15, 0.2) is 72.1 Å². The fourth-order valence-electron chi connectivity index (χ4n) is 3.48. The van der Waals surface area contributed by atoms with Gasteiger partial charge in [-0.2, -0.15) is 0 Å². The van der Waals surface area contributed by atoms with Gasteiger partial charge < -0.3 is 19.9 Å². The van der Waals surface area contributed by atoms with Gasteiger partial charge in [-0.1, -0.05) is 48.2 Å². The molecule has 7 nitrogen and oxygen atoms in total. The number of ether oxygens (including phenoxy) is 2. The van der Waals surface area contributed by atoms with Crippen molar-refractivity contribution in [1.29, 1.82) is 0 Å². The first kappa shape index (κ1) is 22.4. The summed E-state index contributed by atoms with van der Waals surface area (Å²) in [7, 11) is 0. The molecular weight excluding hydrogens is 426 g/mol. The maximum absolute atomic E-state index is 11.3. The number of carbonyl (C=O) groups excluding carboxylic acids is 1. The largest absolute Gasteiger partial charge is 0.392 e. The molecule has 3 unspecified atom stereocenters. The Labute approximate surface area is 191 Å². The standard InChI is InChI=1S/C24H25N3O4S/c1-16(29)27-20-9-7-19(8-10-20)23-30-21(15-32-24-25-11-2-12-26-24)13-22(31-23)18-5-3-17(14-28)4-6-18/h2-12,21-23,28H,13-15H2,1H3,(H,27,29). The molecule has 3 aromatic rings. The predicted molar refractivity (Wildman–Crippen MR) is 122 cm³/mol. The molecule has 166 valence electrons. The van der Waals surface area contributed by atoms with Gasteiger partial charge >= 0.3 is 0 Å². The van der Waals surface area contributed by atoms with Crippen LogP contribution in [0.3, 0.4) is 0 Å². The SMILES string of the molecule is CC(=O)Nc1ccc(C2OC(CSc3ncccn3)CC(c3ccc(CO)cc3)O2)cc1. The van der Waals surface area contributed by atoms with E-state index in [1.807, 2.05) is 48.5 Å². The molecule has 32 heavy (non-hydrogen) atoms. The van der Waals surface area contributed by atoms with E-state index >= 15 is 0 Å². The van der Waals surface area contributed by atoms with Gasteiger partial charge in [0, 0.05) is 42.7 Å². The quantitative estimate of drug-likeness (QED) is 0.409. The lowest BCUT2D eigenvalue weighted by atomic mass is 10.0. The van der Waals surface area contributed by atoms with Gasteiger partial charge in [-0.15, -0.1) is 0 Å².